The number of hydrogen-bond acceptors (Lipinski definition) is 1. The van der Waals surface area contributed by atoms with Gasteiger partial charge in [-0.2, -0.15) is 0 Å². The van der Waals surface area contributed by atoms with Crippen LogP contribution in [0.3, 0.4) is 0 Å². The molecule has 2 heteroatoms. The quantitative estimate of drug-likeness (QED) is 0.262. The van der Waals surface area contributed by atoms with E-state index in [0.717, 1.165) is 0 Å². The number of fused-ring (bicyclic) bond motifs is 1. The number of hydrogen-bond donors (Lipinski definition) is 0. The first-order valence-corrected chi connectivity index (χ1v) is 11.1. The number of rotatable bonds is 1. The number of thiophene rings is 1. The van der Waals surface area contributed by atoms with Gasteiger partial charge in [-0.15, -0.1) is 11.3 Å². The molecule has 0 unspecified atom stereocenters. The fourth-order valence-electron chi connectivity index (χ4n) is 5.58. The molecular weight excluding hydrogens is 382 g/mol. The lowest BCUT2D eigenvalue weighted by Gasteiger charge is -2.10. The molecule has 0 N–H and O–H groups in total. The Morgan fingerprint density at radius 3 is 2.10 bits per heavy atom. The zero-order valence-electron chi connectivity index (χ0n) is 16.0. The molecule has 2 heterocycles. The smallest absolute Gasteiger partial charge is 0.0548 e. The Balaban J connectivity index is 1.80. The molecule has 0 spiro atoms. The normalized spacial score (nSPS) is 12.7. The molecule has 1 aliphatic carbocycles. The second kappa shape index (κ2) is 5.10. The third kappa shape index (κ3) is 1.63. The Morgan fingerprint density at radius 1 is 0.467 bits per heavy atom. The number of aromatic nitrogens is 1. The lowest BCUT2D eigenvalue weighted by Crippen LogP contribution is -1.93. The summed E-state index contributed by atoms with van der Waals surface area (Å²) in [7, 11) is 0. The van der Waals surface area contributed by atoms with Crippen molar-refractivity contribution in [3.8, 4) is 16.8 Å². The third-order valence-electron chi connectivity index (χ3n) is 6.70. The summed E-state index contributed by atoms with van der Waals surface area (Å²) in [5, 5.41) is 8.36. The molecule has 8 rings (SSSR count). The minimum Gasteiger partial charge on any atom is -0.309 e. The summed E-state index contributed by atoms with van der Waals surface area (Å²) in [4.78, 5) is 0. The molecule has 0 bridgehead atoms. The van der Waals surface area contributed by atoms with Gasteiger partial charge < -0.3 is 4.57 Å². The number of benzene rings is 5. The van der Waals surface area contributed by atoms with Crippen LogP contribution in [-0.2, 0) is 0 Å². The van der Waals surface area contributed by atoms with Crippen LogP contribution in [0.5, 0.6) is 0 Å². The van der Waals surface area contributed by atoms with Gasteiger partial charge in [-0.05, 0) is 52.9 Å². The van der Waals surface area contributed by atoms with Gasteiger partial charge in [0, 0.05) is 42.0 Å². The topological polar surface area (TPSA) is 4.93 Å². The minimum atomic E-state index is 1.21. The van der Waals surface area contributed by atoms with Gasteiger partial charge in [0.15, 0.2) is 0 Å². The Morgan fingerprint density at radius 2 is 1.20 bits per heavy atom. The van der Waals surface area contributed by atoms with Gasteiger partial charge in [-0.1, -0.05) is 54.6 Å². The average molecular weight is 398 g/mol. The first kappa shape index (κ1) is 15.3. The SMILES string of the molecule is c1ccc(-n2c3cccc4c3c3c5c(ccc6sc7cccc-4c7c65)ccc32)cc1. The van der Waals surface area contributed by atoms with Crippen molar-refractivity contribution >= 4 is 64.1 Å². The van der Waals surface area contributed by atoms with Crippen molar-refractivity contribution < 1.29 is 0 Å². The summed E-state index contributed by atoms with van der Waals surface area (Å²) in [6.45, 7) is 0. The van der Waals surface area contributed by atoms with E-state index in [9.17, 15) is 0 Å². The van der Waals surface area contributed by atoms with Crippen molar-refractivity contribution in [1.29, 1.82) is 0 Å². The summed E-state index contributed by atoms with van der Waals surface area (Å²) >= 11 is 1.91. The molecule has 2 aromatic heterocycles. The molecule has 0 saturated carbocycles. The summed E-state index contributed by atoms with van der Waals surface area (Å²) in [6, 6.07) is 33.5. The molecule has 1 aliphatic rings. The van der Waals surface area contributed by atoms with Gasteiger partial charge in [0.2, 0.25) is 0 Å². The molecule has 0 radical (unpaired) electrons. The predicted molar refractivity (Wildman–Crippen MR) is 130 cm³/mol. The molecule has 0 saturated heterocycles. The van der Waals surface area contributed by atoms with E-state index in [1.54, 1.807) is 0 Å². The Hall–Kier alpha value is -3.62. The molecular formula is C28H15NS. The highest BCUT2D eigenvalue weighted by molar-refractivity contribution is 7.26. The van der Waals surface area contributed by atoms with Crippen LogP contribution in [0.15, 0.2) is 91.0 Å². The van der Waals surface area contributed by atoms with Crippen molar-refractivity contribution in [3.05, 3.63) is 91.0 Å². The van der Waals surface area contributed by atoms with Crippen molar-refractivity contribution in [2.24, 2.45) is 0 Å². The molecule has 5 aromatic carbocycles. The Bertz CT molecular complexity index is 1830. The van der Waals surface area contributed by atoms with Crippen LogP contribution in [0.4, 0.5) is 0 Å². The van der Waals surface area contributed by atoms with Gasteiger partial charge in [0.25, 0.3) is 0 Å². The lowest BCUT2D eigenvalue weighted by molar-refractivity contribution is 1.18. The van der Waals surface area contributed by atoms with Gasteiger partial charge in [0.05, 0.1) is 11.0 Å². The molecule has 0 fully saturated rings. The molecule has 1 nitrogen and oxygen atoms in total. The minimum absolute atomic E-state index is 1.21. The van der Waals surface area contributed by atoms with E-state index in [-0.39, 0.29) is 0 Å². The summed E-state index contributed by atoms with van der Waals surface area (Å²) in [5.74, 6) is 0. The fourth-order valence-corrected chi connectivity index (χ4v) is 6.72. The van der Waals surface area contributed by atoms with Crippen molar-refractivity contribution in [3.63, 3.8) is 0 Å². The first-order valence-electron chi connectivity index (χ1n) is 10.3. The van der Waals surface area contributed by atoms with E-state index in [4.69, 9.17) is 0 Å². The molecule has 0 atom stereocenters. The summed E-state index contributed by atoms with van der Waals surface area (Å²) in [5.41, 5.74) is 6.49. The average Bonchev–Trinajstić information content (AvgIpc) is 3.30. The fraction of sp³-hybridized carbons (Fsp3) is 0. The lowest BCUT2D eigenvalue weighted by atomic mass is 9.98. The van der Waals surface area contributed by atoms with Gasteiger partial charge in [0.1, 0.15) is 0 Å². The van der Waals surface area contributed by atoms with Gasteiger partial charge in [-0.3, -0.25) is 0 Å². The molecule has 138 valence electrons. The first-order chi connectivity index (χ1) is 14.9. The van der Waals surface area contributed by atoms with E-state index in [2.05, 4.69) is 95.6 Å². The largest absolute Gasteiger partial charge is 0.309 e. The summed E-state index contributed by atoms with van der Waals surface area (Å²) < 4.78 is 5.19. The highest BCUT2D eigenvalue weighted by Gasteiger charge is 2.24. The monoisotopic (exact) mass is 397 g/mol. The molecule has 0 amide bonds. The predicted octanol–water partition coefficient (Wildman–Crippen LogP) is 8.29. The van der Waals surface area contributed by atoms with Crippen LogP contribution in [0.25, 0.3) is 69.6 Å². The maximum absolute atomic E-state index is 2.43. The second-order valence-corrected chi connectivity index (χ2v) is 9.23. The van der Waals surface area contributed by atoms with Crippen LogP contribution in [0.2, 0.25) is 0 Å². The highest BCUT2D eigenvalue weighted by atomic mass is 32.1. The van der Waals surface area contributed by atoms with E-state index in [0.29, 0.717) is 0 Å². The third-order valence-corrected chi connectivity index (χ3v) is 7.82. The van der Waals surface area contributed by atoms with E-state index < -0.39 is 0 Å². The van der Waals surface area contributed by atoms with Crippen molar-refractivity contribution in [2.45, 2.75) is 0 Å². The van der Waals surface area contributed by atoms with Crippen LogP contribution in [-0.4, -0.2) is 4.57 Å². The Labute approximate surface area is 176 Å². The van der Waals surface area contributed by atoms with Crippen LogP contribution >= 0.6 is 11.3 Å². The maximum atomic E-state index is 2.43. The maximum Gasteiger partial charge on any atom is 0.0548 e. The second-order valence-electron chi connectivity index (χ2n) is 8.15. The van der Waals surface area contributed by atoms with Gasteiger partial charge in [-0.25, -0.2) is 0 Å². The van der Waals surface area contributed by atoms with E-state index in [1.165, 1.54) is 69.6 Å². The number of para-hydroxylation sites is 1. The van der Waals surface area contributed by atoms with Crippen LogP contribution < -0.4 is 0 Å². The van der Waals surface area contributed by atoms with Crippen molar-refractivity contribution in [2.75, 3.05) is 0 Å². The molecule has 0 aliphatic heterocycles. The Kier molecular flexibility index (Phi) is 2.59. The number of nitrogens with zero attached hydrogens (tertiary/aromatic N) is 1. The van der Waals surface area contributed by atoms with E-state index >= 15 is 0 Å². The standard InChI is InChI=1S/C28H15NS/c1-2-6-17(7-3-1)29-20-10-4-8-18-19-9-5-11-22-26(19)28-23(30-22)15-13-16-12-14-21(29)27(24(16)28)25(18)20/h1-15H. The van der Waals surface area contributed by atoms with Crippen LogP contribution in [0, 0.1) is 0 Å². The van der Waals surface area contributed by atoms with Crippen LogP contribution in [0.1, 0.15) is 0 Å². The highest BCUT2D eigenvalue weighted by Crippen LogP contribution is 2.51. The zero-order chi connectivity index (χ0) is 19.4. The van der Waals surface area contributed by atoms with Gasteiger partial charge >= 0.3 is 0 Å². The van der Waals surface area contributed by atoms with Crippen molar-refractivity contribution in [1.82, 2.24) is 4.57 Å². The summed E-state index contributed by atoms with van der Waals surface area (Å²) in [6.07, 6.45) is 0. The zero-order valence-corrected chi connectivity index (χ0v) is 16.8. The molecule has 7 aromatic rings. The molecule has 30 heavy (non-hydrogen) atoms. The van der Waals surface area contributed by atoms with E-state index in [1.807, 2.05) is 11.3 Å².